The fraction of sp³-hybridized carbons (Fsp3) is 0.750. The maximum absolute atomic E-state index is 8.71. The van der Waals surface area contributed by atoms with Crippen molar-refractivity contribution in [3.05, 3.63) is 12.7 Å². The van der Waals surface area contributed by atoms with E-state index in [2.05, 4.69) is 46.5 Å². The Morgan fingerprint density at radius 3 is 2.33 bits per heavy atom. The van der Waals surface area contributed by atoms with Gasteiger partial charge in [0.1, 0.15) is 0 Å². The molecule has 86 valence electrons. The third kappa shape index (κ3) is 4.63. The molecular weight excluding hydrogens is 202 g/mol. The van der Waals surface area contributed by atoms with Crippen LogP contribution in [0.5, 0.6) is 0 Å². The average Bonchev–Trinajstić information content (AvgIpc) is 2.02. The summed E-state index contributed by atoms with van der Waals surface area (Å²) >= 11 is 0. The number of nitriles is 1. The topological polar surface area (TPSA) is 33.0 Å². The molecule has 0 aromatic rings. The molecule has 15 heavy (non-hydrogen) atoms. The molecule has 0 fully saturated rings. The van der Waals surface area contributed by atoms with Gasteiger partial charge in [-0.2, -0.15) is 5.26 Å². The van der Waals surface area contributed by atoms with E-state index in [1.54, 1.807) is 0 Å². The van der Waals surface area contributed by atoms with Crippen LogP contribution in [0.2, 0.25) is 18.1 Å². The Bertz CT molecular complexity index is 247. The maximum Gasteiger partial charge on any atom is 0.192 e. The second-order valence-electron chi connectivity index (χ2n) is 5.39. The number of rotatable bonds is 5. The van der Waals surface area contributed by atoms with Gasteiger partial charge >= 0.3 is 0 Å². The van der Waals surface area contributed by atoms with Crippen LogP contribution in [0.15, 0.2) is 12.7 Å². The molecule has 2 nitrogen and oxygen atoms in total. The molecule has 1 atom stereocenters. The van der Waals surface area contributed by atoms with Gasteiger partial charge in [0, 0.05) is 0 Å². The van der Waals surface area contributed by atoms with E-state index in [0.29, 0.717) is 6.42 Å². The Kier molecular flexibility index (Phi) is 5.26. The van der Waals surface area contributed by atoms with E-state index in [9.17, 15) is 0 Å². The normalized spacial score (nSPS) is 14.4. The Morgan fingerprint density at radius 2 is 2.00 bits per heavy atom. The Balaban J connectivity index is 4.52. The van der Waals surface area contributed by atoms with Crippen LogP contribution in [0, 0.1) is 11.3 Å². The molecule has 0 saturated heterocycles. The summed E-state index contributed by atoms with van der Waals surface area (Å²) in [6.07, 6.45) is 3.07. The van der Waals surface area contributed by atoms with Crippen molar-refractivity contribution in [2.24, 2.45) is 0 Å². The van der Waals surface area contributed by atoms with Crippen molar-refractivity contribution in [1.29, 1.82) is 5.26 Å². The van der Waals surface area contributed by atoms with Crippen molar-refractivity contribution in [3.63, 3.8) is 0 Å². The fourth-order valence-electron chi connectivity index (χ4n) is 1.05. The quantitative estimate of drug-likeness (QED) is 0.525. The van der Waals surface area contributed by atoms with Crippen LogP contribution in [-0.4, -0.2) is 14.4 Å². The number of hydrogen-bond acceptors (Lipinski definition) is 2. The molecule has 0 spiro atoms. The van der Waals surface area contributed by atoms with Gasteiger partial charge in [-0.25, -0.2) is 0 Å². The maximum atomic E-state index is 8.71. The van der Waals surface area contributed by atoms with E-state index in [1.165, 1.54) is 0 Å². The predicted molar refractivity (Wildman–Crippen MR) is 67.1 cm³/mol. The molecule has 0 rings (SSSR count). The molecular formula is C12H23NOSi. The fourth-order valence-corrected chi connectivity index (χ4v) is 2.42. The lowest BCUT2D eigenvalue weighted by molar-refractivity contribution is 0.188. The van der Waals surface area contributed by atoms with Crippen molar-refractivity contribution < 1.29 is 4.43 Å². The third-order valence-electron chi connectivity index (χ3n) is 3.02. The first-order valence-corrected chi connectivity index (χ1v) is 8.31. The first-order chi connectivity index (χ1) is 6.74. The highest BCUT2D eigenvalue weighted by molar-refractivity contribution is 6.74. The molecule has 0 aliphatic rings. The molecule has 0 aromatic heterocycles. The third-order valence-corrected chi connectivity index (χ3v) is 7.55. The minimum atomic E-state index is -1.74. The van der Waals surface area contributed by atoms with Gasteiger partial charge < -0.3 is 4.43 Å². The van der Waals surface area contributed by atoms with Crippen LogP contribution >= 0.6 is 0 Å². The lowest BCUT2D eigenvalue weighted by Crippen LogP contribution is -2.43. The van der Waals surface area contributed by atoms with Crippen LogP contribution in [0.1, 0.15) is 33.6 Å². The van der Waals surface area contributed by atoms with E-state index >= 15 is 0 Å². The molecule has 0 aliphatic carbocycles. The summed E-state index contributed by atoms with van der Waals surface area (Å²) in [4.78, 5) is 0. The van der Waals surface area contributed by atoms with Crippen LogP contribution in [-0.2, 0) is 4.43 Å². The number of nitrogens with zero attached hydrogens (tertiary/aromatic N) is 1. The minimum Gasteiger partial charge on any atom is -0.413 e. The van der Waals surface area contributed by atoms with Gasteiger partial charge in [-0.05, 0) is 24.6 Å². The van der Waals surface area contributed by atoms with E-state index in [0.717, 1.165) is 6.42 Å². The molecule has 0 N–H and O–H groups in total. The molecule has 3 heteroatoms. The highest BCUT2D eigenvalue weighted by atomic mass is 28.4. The van der Waals surface area contributed by atoms with Crippen molar-refractivity contribution in [1.82, 2.24) is 0 Å². The zero-order valence-electron chi connectivity index (χ0n) is 10.6. The number of hydrogen-bond donors (Lipinski definition) is 0. The Morgan fingerprint density at radius 1 is 1.47 bits per heavy atom. The second kappa shape index (κ2) is 5.48. The molecule has 0 amide bonds. The van der Waals surface area contributed by atoms with Gasteiger partial charge in [0.2, 0.25) is 0 Å². The SMILES string of the molecule is C=CC[C@H](CC#N)O[Si](C)(C)C(C)(C)C. The first kappa shape index (κ1) is 14.4. The summed E-state index contributed by atoms with van der Waals surface area (Å²) in [7, 11) is -1.74. The van der Waals surface area contributed by atoms with Crippen LogP contribution in [0.25, 0.3) is 0 Å². The average molecular weight is 225 g/mol. The largest absolute Gasteiger partial charge is 0.413 e. The van der Waals surface area contributed by atoms with Gasteiger partial charge in [0.15, 0.2) is 8.32 Å². The van der Waals surface area contributed by atoms with E-state index < -0.39 is 8.32 Å². The minimum absolute atomic E-state index is 0.0217. The van der Waals surface area contributed by atoms with Gasteiger partial charge in [-0.3, -0.25) is 0 Å². The van der Waals surface area contributed by atoms with Gasteiger partial charge in [0.25, 0.3) is 0 Å². The molecule has 0 aliphatic heterocycles. The van der Waals surface area contributed by atoms with Crippen LogP contribution in [0.3, 0.4) is 0 Å². The smallest absolute Gasteiger partial charge is 0.192 e. The Hall–Kier alpha value is -0.593. The highest BCUT2D eigenvalue weighted by Crippen LogP contribution is 2.37. The molecule has 0 saturated carbocycles. The molecule has 0 aromatic carbocycles. The van der Waals surface area contributed by atoms with Crippen molar-refractivity contribution >= 4 is 8.32 Å². The van der Waals surface area contributed by atoms with E-state index in [4.69, 9.17) is 9.69 Å². The van der Waals surface area contributed by atoms with Gasteiger partial charge in [-0.15, -0.1) is 6.58 Å². The van der Waals surface area contributed by atoms with Crippen LogP contribution < -0.4 is 0 Å². The molecule has 0 radical (unpaired) electrons. The monoisotopic (exact) mass is 225 g/mol. The van der Waals surface area contributed by atoms with E-state index in [-0.39, 0.29) is 11.1 Å². The van der Waals surface area contributed by atoms with Crippen LogP contribution in [0.4, 0.5) is 0 Å². The van der Waals surface area contributed by atoms with Crippen molar-refractivity contribution in [2.75, 3.05) is 0 Å². The molecule has 0 heterocycles. The summed E-state index contributed by atoms with van der Waals surface area (Å²) in [5, 5.41) is 8.91. The highest BCUT2D eigenvalue weighted by Gasteiger charge is 2.38. The molecule has 0 unspecified atom stereocenters. The van der Waals surface area contributed by atoms with Crippen molar-refractivity contribution in [2.45, 2.75) is 57.8 Å². The summed E-state index contributed by atoms with van der Waals surface area (Å²) < 4.78 is 6.13. The predicted octanol–water partition coefficient (Wildman–Crippen LogP) is 3.87. The zero-order valence-corrected chi connectivity index (χ0v) is 11.6. The standard InChI is InChI=1S/C12H23NOSi/c1-7-8-11(9-10-13)14-15(5,6)12(2,3)4/h7,11H,1,8-9H2,2-6H3/t11-/m1/s1. The lowest BCUT2D eigenvalue weighted by atomic mass is 10.2. The Labute approximate surface area is 95.1 Å². The van der Waals surface area contributed by atoms with Gasteiger partial charge in [-0.1, -0.05) is 26.8 Å². The zero-order chi connectivity index (χ0) is 12.1. The van der Waals surface area contributed by atoms with Gasteiger partial charge in [0.05, 0.1) is 18.6 Å². The second-order valence-corrected chi connectivity index (χ2v) is 10.1. The van der Waals surface area contributed by atoms with Crippen molar-refractivity contribution in [3.8, 4) is 6.07 Å². The van der Waals surface area contributed by atoms with E-state index in [1.807, 2.05) is 6.08 Å². The molecule has 0 bridgehead atoms. The lowest BCUT2D eigenvalue weighted by Gasteiger charge is -2.38. The first-order valence-electron chi connectivity index (χ1n) is 5.40. The summed E-state index contributed by atoms with van der Waals surface area (Å²) in [6, 6.07) is 2.18. The summed E-state index contributed by atoms with van der Waals surface area (Å²) in [6.45, 7) is 14.7. The summed E-state index contributed by atoms with van der Waals surface area (Å²) in [5.41, 5.74) is 0. The summed E-state index contributed by atoms with van der Waals surface area (Å²) in [5.74, 6) is 0.